The lowest BCUT2D eigenvalue weighted by molar-refractivity contribution is -0.134. The van der Waals surface area contributed by atoms with E-state index >= 15 is 0 Å². The number of hydrogen-bond donors (Lipinski definition) is 1. The lowest BCUT2D eigenvalue weighted by Crippen LogP contribution is -2.41. The highest BCUT2D eigenvalue weighted by atomic mass is 32.1. The van der Waals surface area contributed by atoms with Crippen LogP contribution in [0.4, 0.5) is 0 Å². The molecule has 7 heteroatoms. The molecule has 33 heavy (non-hydrogen) atoms. The van der Waals surface area contributed by atoms with Crippen molar-refractivity contribution < 1.29 is 9.21 Å². The van der Waals surface area contributed by atoms with E-state index in [0.717, 1.165) is 42.3 Å². The number of nitrogens with zero attached hydrogens (tertiary/aromatic N) is 3. The van der Waals surface area contributed by atoms with Crippen LogP contribution in [0, 0.1) is 0 Å². The number of likely N-dealkylation sites (tertiary alicyclic amines) is 1. The number of carbonyl (C=O) groups is 1. The predicted octanol–water partition coefficient (Wildman–Crippen LogP) is 5.38. The van der Waals surface area contributed by atoms with Crippen molar-refractivity contribution >= 4 is 33.9 Å². The van der Waals surface area contributed by atoms with E-state index in [9.17, 15) is 4.79 Å². The van der Waals surface area contributed by atoms with Crippen LogP contribution < -0.4 is 0 Å². The molecule has 2 aliphatic heterocycles. The van der Waals surface area contributed by atoms with Crippen molar-refractivity contribution in [3.8, 4) is 0 Å². The number of rotatable bonds is 5. The molecule has 0 spiro atoms. The Morgan fingerprint density at radius 2 is 2.00 bits per heavy atom. The van der Waals surface area contributed by atoms with Crippen LogP contribution in [0.15, 0.2) is 75.8 Å². The van der Waals surface area contributed by atoms with E-state index in [4.69, 9.17) is 9.52 Å². The van der Waals surface area contributed by atoms with E-state index in [0.29, 0.717) is 18.9 Å². The van der Waals surface area contributed by atoms with Gasteiger partial charge < -0.3 is 9.40 Å². The topological polar surface area (TPSA) is 64.8 Å². The summed E-state index contributed by atoms with van der Waals surface area (Å²) in [5.74, 6) is 1.33. The maximum atomic E-state index is 13.3. The number of carbonyl (C=O) groups excluding carboxylic acids is 1. The zero-order valence-electron chi connectivity index (χ0n) is 18.3. The molecule has 168 valence electrons. The molecular weight excluding hydrogens is 432 g/mol. The summed E-state index contributed by atoms with van der Waals surface area (Å²) in [6.45, 7) is 2.21. The lowest BCUT2D eigenvalue weighted by Gasteiger charge is -2.32. The van der Waals surface area contributed by atoms with Gasteiger partial charge in [-0.3, -0.25) is 9.69 Å². The summed E-state index contributed by atoms with van der Waals surface area (Å²) in [6.07, 6.45) is 4.44. The highest BCUT2D eigenvalue weighted by Crippen LogP contribution is 2.35. The highest BCUT2D eigenvalue weighted by Gasteiger charge is 2.36. The fraction of sp³-hybridized carbons (Fsp3) is 0.308. The minimum Gasteiger partial charge on any atom is -0.467 e. The number of amides is 1. The van der Waals surface area contributed by atoms with Crippen LogP contribution >= 0.6 is 11.3 Å². The van der Waals surface area contributed by atoms with Crippen molar-refractivity contribution in [3.05, 3.63) is 82.6 Å². The summed E-state index contributed by atoms with van der Waals surface area (Å²) < 4.78 is 5.66. The molecule has 1 aromatic carbocycles. The monoisotopic (exact) mass is 458 g/mol. The van der Waals surface area contributed by atoms with Crippen LogP contribution in [0.25, 0.3) is 10.9 Å². The number of para-hydroxylation sites is 1. The Bertz CT molecular complexity index is 1230. The molecule has 6 nitrogen and oxygen atoms in total. The maximum absolute atomic E-state index is 13.3. The minimum absolute atomic E-state index is 0.0343. The van der Waals surface area contributed by atoms with Gasteiger partial charge in [0, 0.05) is 23.5 Å². The first-order valence-electron chi connectivity index (χ1n) is 11.5. The Hall–Kier alpha value is -3.16. The van der Waals surface area contributed by atoms with Gasteiger partial charge in [-0.05, 0) is 67.0 Å². The molecule has 1 saturated heterocycles. The standard InChI is InChI=1S/C26H26N4O2S/c31-26(30-23(24-7-3-13-32-24)16-22(28-30)25-8-4-14-33-25)17-29-11-9-18(10-12-29)21-15-19-5-1-2-6-20(19)27-21/h1-8,13-15,18,23,27H,9-12,16-17H2. The van der Waals surface area contributed by atoms with E-state index < -0.39 is 0 Å². The zero-order chi connectivity index (χ0) is 22.2. The third kappa shape index (κ3) is 4.03. The summed E-state index contributed by atoms with van der Waals surface area (Å²) in [4.78, 5) is 20.3. The smallest absolute Gasteiger partial charge is 0.257 e. The van der Waals surface area contributed by atoms with Gasteiger partial charge in [0.05, 0.1) is 23.4 Å². The Balaban J connectivity index is 1.13. The predicted molar refractivity (Wildman–Crippen MR) is 130 cm³/mol. The minimum atomic E-state index is -0.173. The molecule has 1 unspecified atom stereocenters. The molecule has 1 amide bonds. The number of benzene rings is 1. The molecule has 1 fully saturated rings. The number of H-pyrrole nitrogens is 1. The number of nitrogens with one attached hydrogen (secondary N) is 1. The third-order valence-electron chi connectivity index (χ3n) is 6.78. The molecule has 0 saturated carbocycles. The van der Waals surface area contributed by atoms with Gasteiger partial charge in [0.15, 0.2) is 0 Å². The van der Waals surface area contributed by atoms with E-state index in [1.54, 1.807) is 22.6 Å². The summed E-state index contributed by atoms with van der Waals surface area (Å²) in [5.41, 5.74) is 3.46. The Labute approximate surface area is 196 Å². The van der Waals surface area contributed by atoms with E-state index in [1.807, 2.05) is 23.6 Å². The van der Waals surface area contributed by atoms with Gasteiger partial charge in [0.25, 0.3) is 5.91 Å². The van der Waals surface area contributed by atoms with E-state index in [1.165, 1.54) is 16.6 Å². The molecule has 1 atom stereocenters. The largest absolute Gasteiger partial charge is 0.467 e. The Kier molecular flexibility index (Phi) is 5.36. The third-order valence-corrected chi connectivity index (χ3v) is 7.70. The van der Waals surface area contributed by atoms with Crippen LogP contribution in [0.3, 0.4) is 0 Å². The molecular formula is C26H26N4O2S. The van der Waals surface area contributed by atoms with Gasteiger partial charge in [-0.25, -0.2) is 5.01 Å². The Morgan fingerprint density at radius 1 is 1.12 bits per heavy atom. The van der Waals surface area contributed by atoms with Gasteiger partial charge >= 0.3 is 0 Å². The molecule has 3 aromatic heterocycles. The molecule has 0 aliphatic carbocycles. The van der Waals surface area contributed by atoms with Crippen molar-refractivity contribution in [2.45, 2.75) is 31.2 Å². The van der Waals surface area contributed by atoms with Crippen molar-refractivity contribution in [2.75, 3.05) is 19.6 Å². The summed E-state index contributed by atoms with van der Waals surface area (Å²) in [7, 11) is 0. The maximum Gasteiger partial charge on any atom is 0.257 e. The summed E-state index contributed by atoms with van der Waals surface area (Å²) in [5, 5.41) is 9.70. The van der Waals surface area contributed by atoms with Crippen LogP contribution in [0.1, 0.15) is 47.6 Å². The first kappa shape index (κ1) is 20.4. The fourth-order valence-corrected chi connectivity index (χ4v) is 5.74. The van der Waals surface area contributed by atoms with Crippen molar-refractivity contribution in [3.63, 3.8) is 0 Å². The number of piperidine rings is 1. The summed E-state index contributed by atoms with van der Waals surface area (Å²) >= 11 is 1.66. The molecule has 1 N–H and O–H groups in total. The molecule has 5 heterocycles. The van der Waals surface area contributed by atoms with Gasteiger partial charge in [-0.1, -0.05) is 24.3 Å². The van der Waals surface area contributed by atoms with Crippen LogP contribution in [-0.4, -0.2) is 46.1 Å². The number of hydrogen-bond acceptors (Lipinski definition) is 5. The van der Waals surface area contributed by atoms with Crippen LogP contribution in [0.5, 0.6) is 0 Å². The summed E-state index contributed by atoms with van der Waals surface area (Å²) in [6, 6.07) is 18.4. The van der Waals surface area contributed by atoms with Crippen molar-refractivity contribution in [1.29, 1.82) is 0 Å². The molecule has 6 rings (SSSR count). The number of aromatic nitrogens is 1. The van der Waals surface area contributed by atoms with E-state index in [2.05, 4.69) is 46.3 Å². The fourth-order valence-electron chi connectivity index (χ4n) is 5.02. The first-order valence-corrected chi connectivity index (χ1v) is 12.4. The number of furan rings is 1. The average Bonchev–Trinajstić information content (AvgIpc) is 3.64. The number of fused-ring (bicyclic) bond motifs is 1. The lowest BCUT2D eigenvalue weighted by atomic mass is 9.93. The SMILES string of the molecule is O=C(CN1CCC(c2cc3ccccc3[nH]2)CC1)N1N=C(c2cccs2)CC1c1ccco1. The average molecular weight is 459 g/mol. The van der Waals surface area contributed by atoms with Crippen LogP contribution in [0.2, 0.25) is 0 Å². The first-order chi connectivity index (χ1) is 16.2. The second-order valence-electron chi connectivity index (χ2n) is 8.86. The molecule has 2 aliphatic rings. The highest BCUT2D eigenvalue weighted by molar-refractivity contribution is 7.12. The van der Waals surface area contributed by atoms with Gasteiger partial charge in [-0.2, -0.15) is 5.10 Å². The molecule has 0 radical (unpaired) electrons. The number of thiophene rings is 1. The Morgan fingerprint density at radius 3 is 2.76 bits per heavy atom. The number of aromatic amines is 1. The van der Waals surface area contributed by atoms with Crippen molar-refractivity contribution in [2.24, 2.45) is 5.10 Å². The zero-order valence-corrected chi connectivity index (χ0v) is 19.1. The molecule has 0 bridgehead atoms. The van der Waals surface area contributed by atoms with Gasteiger partial charge in [-0.15, -0.1) is 11.3 Å². The second kappa shape index (κ2) is 8.65. The van der Waals surface area contributed by atoms with Gasteiger partial charge in [0.1, 0.15) is 11.8 Å². The van der Waals surface area contributed by atoms with Crippen molar-refractivity contribution in [1.82, 2.24) is 14.9 Å². The quantitative estimate of drug-likeness (QED) is 0.437. The van der Waals surface area contributed by atoms with Crippen LogP contribution in [-0.2, 0) is 4.79 Å². The van der Waals surface area contributed by atoms with Gasteiger partial charge in [0.2, 0.25) is 0 Å². The molecule has 4 aromatic rings. The van der Waals surface area contributed by atoms with E-state index in [-0.39, 0.29) is 11.9 Å². The second-order valence-corrected chi connectivity index (χ2v) is 9.81. The number of hydrazone groups is 1. The normalized spacial score (nSPS) is 19.9.